The number of halogens is 1. The van der Waals surface area contributed by atoms with Crippen LogP contribution in [0.5, 0.6) is 5.75 Å². The minimum atomic E-state index is -0.988. The van der Waals surface area contributed by atoms with Crippen LogP contribution >= 0.6 is 0 Å². The van der Waals surface area contributed by atoms with Gasteiger partial charge in [-0.1, -0.05) is 0 Å². The van der Waals surface area contributed by atoms with Crippen LogP contribution in [0.4, 0.5) is 15.9 Å². The second-order valence-electron chi connectivity index (χ2n) is 16.9. The fourth-order valence-corrected chi connectivity index (χ4v) is 9.58. The van der Waals surface area contributed by atoms with E-state index in [-0.39, 0.29) is 53.4 Å². The monoisotopic (exact) mass is 841 g/mol. The summed E-state index contributed by atoms with van der Waals surface area (Å²) in [5.74, 6) is -1.40. The molecule has 15 nitrogen and oxygen atoms in total. The van der Waals surface area contributed by atoms with E-state index < -0.39 is 35.5 Å². The summed E-state index contributed by atoms with van der Waals surface area (Å²) in [6, 6.07) is 15.0. The van der Waals surface area contributed by atoms with Gasteiger partial charge in [0.05, 0.1) is 33.9 Å². The van der Waals surface area contributed by atoms with Gasteiger partial charge in [0.25, 0.3) is 17.7 Å². The molecular formula is C46H48FN9O6. The van der Waals surface area contributed by atoms with Gasteiger partial charge >= 0.3 is 0 Å². The zero-order chi connectivity index (χ0) is 42.9. The summed E-state index contributed by atoms with van der Waals surface area (Å²) in [5, 5.41) is 15.5. The van der Waals surface area contributed by atoms with Crippen LogP contribution in [0, 0.1) is 23.1 Å². The van der Waals surface area contributed by atoms with E-state index in [1.54, 1.807) is 24.4 Å². The molecule has 1 aliphatic carbocycles. The number of carbonyl (C=O) groups is 5. The summed E-state index contributed by atoms with van der Waals surface area (Å²) in [6.45, 7) is 5.57. The summed E-state index contributed by atoms with van der Waals surface area (Å²) in [6.07, 6.45) is 9.11. The van der Waals surface area contributed by atoms with Crippen LogP contribution in [0.25, 0.3) is 10.9 Å². The Labute approximate surface area is 358 Å². The predicted octanol–water partition coefficient (Wildman–Crippen LogP) is 4.59. The Morgan fingerprint density at radius 1 is 0.871 bits per heavy atom. The molecule has 1 atom stereocenters. The fraction of sp³-hybridized carbons (Fsp3) is 0.435. The molecule has 2 aromatic heterocycles. The van der Waals surface area contributed by atoms with E-state index in [2.05, 4.69) is 36.5 Å². The number of piperazine rings is 1. The van der Waals surface area contributed by atoms with Gasteiger partial charge in [0, 0.05) is 75.2 Å². The highest BCUT2D eigenvalue weighted by Gasteiger charge is 2.45. The molecule has 9 rings (SSSR count). The molecular weight excluding hydrogens is 794 g/mol. The molecule has 1 unspecified atom stereocenters. The van der Waals surface area contributed by atoms with E-state index in [0.717, 1.165) is 93.6 Å². The van der Waals surface area contributed by atoms with Crippen molar-refractivity contribution < 1.29 is 33.1 Å². The molecule has 5 amide bonds. The summed E-state index contributed by atoms with van der Waals surface area (Å²) in [5.41, 5.74) is 2.74. The molecule has 1 saturated carbocycles. The Kier molecular flexibility index (Phi) is 11.5. The predicted molar refractivity (Wildman–Crippen MR) is 226 cm³/mol. The number of benzene rings is 2. The van der Waals surface area contributed by atoms with Crippen LogP contribution in [0.2, 0.25) is 0 Å². The van der Waals surface area contributed by atoms with Crippen molar-refractivity contribution in [3.63, 3.8) is 0 Å². The zero-order valence-electron chi connectivity index (χ0n) is 34.4. The number of fused-ring (bicyclic) bond motifs is 2. The van der Waals surface area contributed by atoms with Gasteiger partial charge in [0.2, 0.25) is 11.8 Å². The maximum atomic E-state index is 15.5. The number of amides is 5. The number of nitriles is 1. The third kappa shape index (κ3) is 8.28. The molecule has 0 bridgehead atoms. The number of hydrogen-bond acceptors (Lipinski definition) is 12. The average molecular weight is 842 g/mol. The first-order chi connectivity index (χ1) is 30.1. The summed E-state index contributed by atoms with van der Waals surface area (Å²) in [4.78, 5) is 80.0. The molecule has 0 radical (unpaired) electrons. The Morgan fingerprint density at radius 2 is 1.65 bits per heavy atom. The lowest BCUT2D eigenvalue weighted by atomic mass is 9.92. The molecule has 4 fully saturated rings. The van der Waals surface area contributed by atoms with Crippen molar-refractivity contribution in [2.24, 2.45) is 5.92 Å². The van der Waals surface area contributed by atoms with Crippen LogP contribution in [-0.4, -0.2) is 113 Å². The standard InChI is InChI=1S/C46H48FN9O6/c47-37-24-30(43(58)51-31-4-7-33(8-5-31)62-39-11-3-29(26-48)41-35(39)2-1-16-49-41)27-50-42(37)55-18-14-28(15-19-55)13-17-53-20-22-54(23-21-53)32-6-9-34-36(25-32)46(61)56(45(34)60)38-10-12-40(57)52-44(38)59/h1-3,6,9,11,16,24-25,27-28,31,33,38H,4-5,7-8,10,12-15,17-23H2,(H,51,58)(H,52,57,59). The van der Waals surface area contributed by atoms with Crippen LogP contribution in [0.15, 0.2) is 60.9 Å². The molecule has 2 N–H and O–H groups in total. The fourth-order valence-electron chi connectivity index (χ4n) is 9.58. The van der Waals surface area contributed by atoms with Crippen molar-refractivity contribution in [1.29, 1.82) is 5.26 Å². The van der Waals surface area contributed by atoms with Gasteiger partial charge in [-0.3, -0.25) is 44.1 Å². The number of nitrogens with zero attached hydrogens (tertiary/aromatic N) is 7. The number of imide groups is 2. The van der Waals surface area contributed by atoms with Gasteiger partial charge in [0.15, 0.2) is 11.6 Å². The summed E-state index contributed by atoms with van der Waals surface area (Å²) in [7, 11) is 0. The van der Waals surface area contributed by atoms with Crippen LogP contribution in [0.1, 0.15) is 94.4 Å². The van der Waals surface area contributed by atoms with Crippen molar-refractivity contribution in [2.75, 3.05) is 55.6 Å². The van der Waals surface area contributed by atoms with Crippen molar-refractivity contribution >= 4 is 51.9 Å². The number of anilines is 2. The Bertz CT molecular complexity index is 2470. The zero-order valence-corrected chi connectivity index (χ0v) is 34.4. The number of ether oxygens (including phenoxy) is 1. The van der Waals surface area contributed by atoms with E-state index in [1.807, 2.05) is 29.2 Å². The van der Waals surface area contributed by atoms with Crippen molar-refractivity contribution in [1.82, 2.24) is 30.4 Å². The molecule has 6 heterocycles. The maximum Gasteiger partial charge on any atom is 0.262 e. The quantitative estimate of drug-likeness (QED) is 0.213. The Morgan fingerprint density at radius 3 is 2.39 bits per heavy atom. The number of rotatable bonds is 10. The molecule has 4 aliphatic heterocycles. The lowest BCUT2D eigenvalue weighted by Gasteiger charge is -2.38. The van der Waals surface area contributed by atoms with Crippen LogP contribution < -0.4 is 25.2 Å². The van der Waals surface area contributed by atoms with E-state index in [4.69, 9.17) is 4.74 Å². The van der Waals surface area contributed by atoms with Crippen LogP contribution in [0.3, 0.4) is 0 Å². The maximum absolute atomic E-state index is 15.5. The molecule has 5 aliphatic rings. The number of hydrogen-bond donors (Lipinski definition) is 2. The van der Waals surface area contributed by atoms with E-state index >= 15 is 4.39 Å². The second-order valence-corrected chi connectivity index (χ2v) is 16.9. The number of aromatic nitrogens is 2. The highest BCUT2D eigenvalue weighted by Crippen LogP contribution is 2.33. The van der Waals surface area contributed by atoms with Gasteiger partial charge in [-0.2, -0.15) is 5.26 Å². The molecule has 320 valence electrons. The smallest absolute Gasteiger partial charge is 0.262 e. The van der Waals surface area contributed by atoms with Gasteiger partial charge in [0.1, 0.15) is 17.9 Å². The molecule has 3 saturated heterocycles. The largest absolute Gasteiger partial charge is 0.490 e. The first kappa shape index (κ1) is 40.9. The molecule has 0 spiro atoms. The summed E-state index contributed by atoms with van der Waals surface area (Å²) >= 11 is 0. The number of pyridine rings is 2. The third-order valence-corrected chi connectivity index (χ3v) is 13.2. The van der Waals surface area contributed by atoms with Crippen molar-refractivity contribution in [3.05, 3.63) is 89.0 Å². The van der Waals surface area contributed by atoms with Gasteiger partial charge in [-0.15, -0.1) is 0 Å². The SMILES string of the molecule is N#Cc1ccc(OC2CCC(NC(=O)c3cnc(N4CCC(CCN5CCN(c6ccc7c(c6)C(=O)N(C6CCC(=O)NC6=O)C7=O)CC5)CC4)c(F)c3)CC2)c2cccnc12. The van der Waals surface area contributed by atoms with Gasteiger partial charge in [-0.25, -0.2) is 9.37 Å². The second kappa shape index (κ2) is 17.5. The molecule has 4 aromatic rings. The average Bonchev–Trinajstić information content (AvgIpc) is 3.54. The molecule has 16 heteroatoms. The minimum absolute atomic E-state index is 0.0322. The highest BCUT2D eigenvalue weighted by molar-refractivity contribution is 6.23. The lowest BCUT2D eigenvalue weighted by molar-refractivity contribution is -0.136. The number of piperidine rings is 2. The van der Waals surface area contributed by atoms with Crippen LogP contribution in [-0.2, 0) is 9.59 Å². The number of carbonyl (C=O) groups excluding carboxylic acids is 5. The first-order valence-corrected chi connectivity index (χ1v) is 21.6. The number of nitrogens with one attached hydrogen (secondary N) is 2. The summed E-state index contributed by atoms with van der Waals surface area (Å²) < 4.78 is 21.8. The van der Waals surface area contributed by atoms with E-state index in [9.17, 15) is 29.2 Å². The normalized spacial score (nSPS) is 22.4. The lowest BCUT2D eigenvalue weighted by Crippen LogP contribution is -2.54. The highest BCUT2D eigenvalue weighted by atomic mass is 19.1. The van der Waals surface area contributed by atoms with E-state index in [0.29, 0.717) is 35.8 Å². The molecule has 2 aromatic carbocycles. The Hall–Kier alpha value is -6.47. The third-order valence-electron chi connectivity index (χ3n) is 13.2. The van der Waals surface area contributed by atoms with Gasteiger partial charge < -0.3 is 19.9 Å². The van der Waals surface area contributed by atoms with E-state index in [1.165, 1.54) is 12.3 Å². The Balaban J connectivity index is 0.697. The topological polar surface area (TPSA) is 181 Å². The minimum Gasteiger partial charge on any atom is -0.490 e. The van der Waals surface area contributed by atoms with Crippen molar-refractivity contribution in [3.8, 4) is 11.8 Å². The van der Waals surface area contributed by atoms with Gasteiger partial charge in [-0.05, 0) is 112 Å². The molecule has 62 heavy (non-hydrogen) atoms. The first-order valence-electron chi connectivity index (χ1n) is 21.6. The van der Waals surface area contributed by atoms with Crippen molar-refractivity contribution in [2.45, 2.75) is 76.0 Å².